The van der Waals surface area contributed by atoms with E-state index in [1.54, 1.807) is 43.3 Å². The van der Waals surface area contributed by atoms with Gasteiger partial charge in [0.2, 0.25) is 0 Å². The van der Waals surface area contributed by atoms with E-state index < -0.39 is 17.9 Å². The summed E-state index contributed by atoms with van der Waals surface area (Å²) in [5.41, 5.74) is 0.473. The number of aliphatic hydroxyl groups is 1. The Balaban J connectivity index is 1.82. The minimum absolute atomic E-state index is 0.123. The van der Waals surface area contributed by atoms with Crippen molar-refractivity contribution in [2.45, 2.75) is 20.0 Å². The first-order valence-corrected chi connectivity index (χ1v) is 7.56. The van der Waals surface area contributed by atoms with Gasteiger partial charge in [-0.15, -0.1) is 0 Å². The van der Waals surface area contributed by atoms with Crippen molar-refractivity contribution in [3.63, 3.8) is 0 Å². The molecule has 0 saturated heterocycles. The van der Waals surface area contributed by atoms with Crippen molar-refractivity contribution in [3.05, 3.63) is 47.9 Å². The van der Waals surface area contributed by atoms with Gasteiger partial charge in [-0.25, -0.2) is 0 Å². The molecule has 0 spiro atoms. The second-order valence-corrected chi connectivity index (χ2v) is 5.09. The van der Waals surface area contributed by atoms with Crippen molar-refractivity contribution in [2.75, 3.05) is 18.5 Å². The van der Waals surface area contributed by atoms with Crippen molar-refractivity contribution in [1.29, 1.82) is 0 Å². The number of rotatable bonds is 6. The average Bonchev–Trinajstić information content (AvgIpc) is 3.01. The number of hydrogen-bond acceptors (Lipinski definition) is 5. The predicted molar refractivity (Wildman–Crippen MR) is 87.7 cm³/mol. The lowest BCUT2D eigenvalue weighted by Crippen LogP contribution is -2.37. The number of carbonyl (C=O) groups is 2. The van der Waals surface area contributed by atoms with Crippen LogP contribution in [0.5, 0.6) is 5.75 Å². The molecule has 1 heterocycles. The summed E-state index contributed by atoms with van der Waals surface area (Å²) >= 11 is 0. The Kier molecular flexibility index (Phi) is 5.97. The lowest BCUT2D eigenvalue weighted by Gasteiger charge is -2.10. The molecule has 2 rings (SSSR count). The maximum Gasteiger partial charge on any atom is 0.313 e. The third-order valence-corrected chi connectivity index (χ3v) is 3.17. The first kappa shape index (κ1) is 17.6. The normalized spacial score (nSPS) is 11.6. The zero-order valence-electron chi connectivity index (χ0n) is 13.5. The highest BCUT2D eigenvalue weighted by atomic mass is 16.5. The summed E-state index contributed by atoms with van der Waals surface area (Å²) in [5, 5.41) is 14.7. The van der Waals surface area contributed by atoms with Crippen LogP contribution in [-0.2, 0) is 9.59 Å². The molecule has 2 amide bonds. The predicted octanol–water partition coefficient (Wildman–Crippen LogP) is 1.78. The Morgan fingerprint density at radius 3 is 2.46 bits per heavy atom. The Labute approximate surface area is 139 Å². The van der Waals surface area contributed by atoms with E-state index in [4.69, 9.17) is 9.15 Å². The van der Waals surface area contributed by atoms with Gasteiger partial charge in [0.15, 0.2) is 0 Å². The van der Waals surface area contributed by atoms with Gasteiger partial charge in [0, 0.05) is 5.69 Å². The van der Waals surface area contributed by atoms with Crippen LogP contribution in [0.3, 0.4) is 0 Å². The van der Waals surface area contributed by atoms with Crippen LogP contribution in [-0.4, -0.2) is 30.1 Å². The second kappa shape index (κ2) is 8.16. The van der Waals surface area contributed by atoms with E-state index in [9.17, 15) is 14.7 Å². The second-order valence-electron chi connectivity index (χ2n) is 5.09. The quantitative estimate of drug-likeness (QED) is 0.700. The number of amides is 2. The summed E-state index contributed by atoms with van der Waals surface area (Å²) in [4.78, 5) is 23.6. The molecule has 1 atom stereocenters. The molecule has 1 unspecified atom stereocenters. The van der Waals surface area contributed by atoms with Crippen LogP contribution in [0.1, 0.15) is 24.5 Å². The number of benzene rings is 1. The van der Waals surface area contributed by atoms with E-state index in [0.717, 1.165) is 0 Å². The molecule has 0 aliphatic carbocycles. The molecule has 7 nitrogen and oxygen atoms in total. The molecule has 0 fully saturated rings. The van der Waals surface area contributed by atoms with E-state index in [-0.39, 0.29) is 6.54 Å². The van der Waals surface area contributed by atoms with Crippen LogP contribution in [0.2, 0.25) is 0 Å². The molecule has 7 heteroatoms. The summed E-state index contributed by atoms with van der Waals surface area (Å²) in [6.07, 6.45) is -1.01. The van der Waals surface area contributed by atoms with E-state index in [0.29, 0.717) is 29.6 Å². The molecule has 1 aromatic heterocycles. The standard InChI is InChI=1S/C17H20N2O5/c1-3-23-13-7-5-12(6-8-13)19-17(22)16(21)18-10-14(20)15-9-4-11(2)24-15/h4-9,14,20H,3,10H2,1-2H3,(H,18,21)(H,19,22). The summed E-state index contributed by atoms with van der Waals surface area (Å²) < 4.78 is 10.5. The van der Waals surface area contributed by atoms with Crippen molar-refractivity contribution in [2.24, 2.45) is 0 Å². The third kappa shape index (κ3) is 4.85. The van der Waals surface area contributed by atoms with Crippen molar-refractivity contribution in [3.8, 4) is 5.75 Å². The van der Waals surface area contributed by atoms with Crippen LogP contribution in [0, 0.1) is 6.92 Å². The minimum atomic E-state index is -1.01. The molecular weight excluding hydrogens is 312 g/mol. The third-order valence-electron chi connectivity index (χ3n) is 3.17. The number of nitrogens with one attached hydrogen (secondary N) is 2. The van der Waals surface area contributed by atoms with Gasteiger partial charge >= 0.3 is 11.8 Å². The van der Waals surface area contributed by atoms with Gasteiger partial charge in [0.1, 0.15) is 23.4 Å². The lowest BCUT2D eigenvalue weighted by molar-refractivity contribution is -0.136. The molecule has 0 aliphatic rings. The summed E-state index contributed by atoms with van der Waals surface area (Å²) in [5.74, 6) is 0.00773. The number of anilines is 1. The summed E-state index contributed by atoms with van der Waals surface area (Å²) in [6, 6.07) is 9.98. The fourth-order valence-electron chi connectivity index (χ4n) is 1.99. The highest BCUT2D eigenvalue weighted by Gasteiger charge is 2.17. The highest BCUT2D eigenvalue weighted by molar-refractivity contribution is 6.39. The van der Waals surface area contributed by atoms with Gasteiger partial charge in [-0.05, 0) is 50.2 Å². The van der Waals surface area contributed by atoms with Gasteiger partial charge in [-0.2, -0.15) is 0 Å². The molecule has 128 valence electrons. The van der Waals surface area contributed by atoms with Crippen LogP contribution < -0.4 is 15.4 Å². The Morgan fingerprint density at radius 2 is 1.88 bits per heavy atom. The van der Waals surface area contributed by atoms with Gasteiger partial charge in [-0.3, -0.25) is 9.59 Å². The highest BCUT2D eigenvalue weighted by Crippen LogP contribution is 2.16. The van der Waals surface area contributed by atoms with Crippen LogP contribution in [0.4, 0.5) is 5.69 Å². The molecular formula is C17H20N2O5. The van der Waals surface area contributed by atoms with Gasteiger partial charge in [-0.1, -0.05) is 0 Å². The monoisotopic (exact) mass is 332 g/mol. The molecule has 1 aromatic carbocycles. The number of furan rings is 1. The zero-order valence-corrected chi connectivity index (χ0v) is 13.5. The van der Waals surface area contributed by atoms with Gasteiger partial charge in [0.25, 0.3) is 0 Å². The zero-order chi connectivity index (χ0) is 17.5. The Bertz CT molecular complexity index is 693. The van der Waals surface area contributed by atoms with Crippen LogP contribution in [0.25, 0.3) is 0 Å². The molecule has 2 aromatic rings. The fraction of sp³-hybridized carbons (Fsp3) is 0.294. The molecule has 3 N–H and O–H groups in total. The fourth-order valence-corrected chi connectivity index (χ4v) is 1.99. The molecule has 24 heavy (non-hydrogen) atoms. The first-order valence-electron chi connectivity index (χ1n) is 7.56. The lowest BCUT2D eigenvalue weighted by atomic mass is 10.2. The maximum atomic E-state index is 11.8. The van der Waals surface area contributed by atoms with Gasteiger partial charge in [0.05, 0.1) is 13.2 Å². The molecule has 0 bridgehead atoms. The Morgan fingerprint density at radius 1 is 1.17 bits per heavy atom. The van der Waals surface area contributed by atoms with E-state index in [2.05, 4.69) is 10.6 Å². The number of ether oxygens (including phenoxy) is 1. The number of carbonyl (C=O) groups excluding carboxylic acids is 2. The minimum Gasteiger partial charge on any atom is -0.494 e. The van der Waals surface area contributed by atoms with E-state index >= 15 is 0 Å². The average molecular weight is 332 g/mol. The van der Waals surface area contributed by atoms with E-state index in [1.807, 2.05) is 6.92 Å². The smallest absolute Gasteiger partial charge is 0.313 e. The Hall–Kier alpha value is -2.80. The van der Waals surface area contributed by atoms with Crippen molar-refractivity contribution >= 4 is 17.5 Å². The van der Waals surface area contributed by atoms with Gasteiger partial charge < -0.3 is 24.9 Å². The number of aryl methyl sites for hydroxylation is 1. The largest absolute Gasteiger partial charge is 0.494 e. The van der Waals surface area contributed by atoms with Crippen molar-refractivity contribution in [1.82, 2.24) is 5.32 Å². The topological polar surface area (TPSA) is 101 Å². The summed E-state index contributed by atoms with van der Waals surface area (Å²) in [6.45, 7) is 4.05. The number of aliphatic hydroxyl groups excluding tert-OH is 1. The van der Waals surface area contributed by atoms with Crippen LogP contribution in [0.15, 0.2) is 40.8 Å². The molecule has 0 radical (unpaired) electrons. The molecule has 0 saturated carbocycles. The SMILES string of the molecule is CCOc1ccc(NC(=O)C(=O)NCC(O)c2ccc(C)o2)cc1. The van der Waals surface area contributed by atoms with Crippen molar-refractivity contribution < 1.29 is 23.8 Å². The van der Waals surface area contributed by atoms with E-state index in [1.165, 1.54) is 0 Å². The molecule has 0 aliphatic heterocycles. The maximum absolute atomic E-state index is 11.8. The van der Waals surface area contributed by atoms with Crippen LogP contribution >= 0.6 is 0 Å². The first-order chi connectivity index (χ1) is 11.5. The number of hydrogen-bond donors (Lipinski definition) is 3. The summed E-state index contributed by atoms with van der Waals surface area (Å²) in [7, 11) is 0.